The van der Waals surface area contributed by atoms with Crippen LogP contribution in [-0.2, 0) is 6.54 Å². The standard InChI is InChI=1S/C21H20ClN5O2S.HI/c1-23-21(24-11-16(28)18-10-13-5-2-3-8-17(13)30-18)25-12-19-26-20(27-29-19)14-6-4-7-15(22)9-14;/h2-10,16,28H,11-12H2,1H3,(H2,23,24,25);1H. The molecule has 0 aliphatic carbocycles. The highest BCUT2D eigenvalue weighted by Crippen LogP contribution is 2.29. The third kappa shape index (κ3) is 5.94. The first-order valence-electron chi connectivity index (χ1n) is 9.32. The van der Waals surface area contributed by atoms with Crippen molar-refractivity contribution in [2.45, 2.75) is 12.6 Å². The zero-order chi connectivity index (χ0) is 20.9. The lowest BCUT2D eigenvalue weighted by atomic mass is 10.2. The molecule has 0 radical (unpaired) electrons. The van der Waals surface area contributed by atoms with E-state index in [0.717, 1.165) is 20.5 Å². The molecule has 7 nitrogen and oxygen atoms in total. The van der Waals surface area contributed by atoms with Gasteiger partial charge in [-0.1, -0.05) is 47.1 Å². The zero-order valence-corrected chi connectivity index (χ0v) is 20.5. The summed E-state index contributed by atoms with van der Waals surface area (Å²) in [6, 6.07) is 17.3. The molecule has 1 unspecified atom stereocenters. The third-order valence-electron chi connectivity index (χ3n) is 4.42. The van der Waals surface area contributed by atoms with E-state index in [4.69, 9.17) is 16.1 Å². The number of aliphatic imine (C=N–C) groups is 1. The fourth-order valence-electron chi connectivity index (χ4n) is 2.91. The minimum Gasteiger partial charge on any atom is -0.386 e. The van der Waals surface area contributed by atoms with Crippen molar-refractivity contribution in [2.75, 3.05) is 13.6 Å². The van der Waals surface area contributed by atoms with Gasteiger partial charge in [-0.05, 0) is 29.7 Å². The van der Waals surface area contributed by atoms with Crippen molar-refractivity contribution in [2.24, 2.45) is 4.99 Å². The lowest BCUT2D eigenvalue weighted by molar-refractivity contribution is 0.184. The summed E-state index contributed by atoms with van der Waals surface area (Å²) in [7, 11) is 1.66. The number of hydrogen-bond acceptors (Lipinski definition) is 6. The number of aromatic nitrogens is 2. The number of aliphatic hydroxyl groups excluding tert-OH is 1. The Kier molecular flexibility index (Phi) is 8.24. The maximum absolute atomic E-state index is 10.5. The van der Waals surface area contributed by atoms with E-state index in [-0.39, 0.29) is 24.0 Å². The topological polar surface area (TPSA) is 95.6 Å². The number of nitrogens with one attached hydrogen (secondary N) is 2. The lowest BCUT2D eigenvalue weighted by Crippen LogP contribution is -2.38. The van der Waals surface area contributed by atoms with E-state index in [9.17, 15) is 5.11 Å². The Morgan fingerprint density at radius 3 is 2.81 bits per heavy atom. The van der Waals surface area contributed by atoms with Crippen LogP contribution < -0.4 is 10.6 Å². The molecule has 0 spiro atoms. The number of guanidine groups is 1. The van der Waals surface area contributed by atoms with Crippen LogP contribution in [0.5, 0.6) is 0 Å². The van der Waals surface area contributed by atoms with Crippen molar-refractivity contribution in [3.8, 4) is 11.4 Å². The second kappa shape index (κ2) is 10.9. The first-order chi connectivity index (χ1) is 14.6. The Balaban J connectivity index is 0.00000272. The molecule has 4 aromatic rings. The molecule has 2 aromatic heterocycles. The van der Waals surface area contributed by atoms with E-state index < -0.39 is 6.10 Å². The molecule has 4 rings (SSSR count). The van der Waals surface area contributed by atoms with Gasteiger partial charge in [0.2, 0.25) is 11.7 Å². The van der Waals surface area contributed by atoms with Gasteiger partial charge in [0, 0.05) is 33.8 Å². The van der Waals surface area contributed by atoms with Crippen molar-refractivity contribution < 1.29 is 9.63 Å². The van der Waals surface area contributed by atoms with Gasteiger partial charge in [-0.2, -0.15) is 4.98 Å². The number of thiophene rings is 1. The fraction of sp³-hybridized carbons (Fsp3) is 0.190. The molecule has 0 bridgehead atoms. The molecule has 1 atom stereocenters. The molecule has 162 valence electrons. The van der Waals surface area contributed by atoms with Gasteiger partial charge in [0.1, 0.15) is 6.10 Å². The smallest absolute Gasteiger partial charge is 0.246 e. The molecule has 3 N–H and O–H groups in total. The Hall–Kier alpha value is -2.21. The summed E-state index contributed by atoms with van der Waals surface area (Å²) in [4.78, 5) is 9.44. The number of benzene rings is 2. The van der Waals surface area contributed by atoms with Crippen LogP contribution in [0.3, 0.4) is 0 Å². The number of nitrogens with zero attached hydrogens (tertiary/aromatic N) is 3. The van der Waals surface area contributed by atoms with Crippen LogP contribution in [0.2, 0.25) is 5.02 Å². The van der Waals surface area contributed by atoms with Crippen LogP contribution in [-0.4, -0.2) is 34.8 Å². The van der Waals surface area contributed by atoms with Gasteiger partial charge in [-0.25, -0.2) is 0 Å². The Morgan fingerprint density at radius 2 is 2.03 bits per heavy atom. The van der Waals surface area contributed by atoms with Crippen LogP contribution in [0.1, 0.15) is 16.9 Å². The molecule has 2 heterocycles. The molecule has 31 heavy (non-hydrogen) atoms. The maximum Gasteiger partial charge on any atom is 0.246 e. The summed E-state index contributed by atoms with van der Waals surface area (Å²) in [6.07, 6.45) is -0.640. The van der Waals surface area contributed by atoms with Crippen molar-refractivity contribution >= 4 is 63.0 Å². The van der Waals surface area contributed by atoms with Gasteiger partial charge in [-0.3, -0.25) is 4.99 Å². The monoisotopic (exact) mass is 569 g/mol. The van der Waals surface area contributed by atoms with E-state index in [0.29, 0.717) is 35.8 Å². The third-order valence-corrected chi connectivity index (χ3v) is 5.87. The zero-order valence-electron chi connectivity index (χ0n) is 16.6. The summed E-state index contributed by atoms with van der Waals surface area (Å²) < 4.78 is 6.44. The van der Waals surface area contributed by atoms with E-state index in [1.807, 2.05) is 42.5 Å². The summed E-state index contributed by atoms with van der Waals surface area (Å²) in [5, 5.41) is 22.5. The molecule has 0 saturated carbocycles. The van der Waals surface area contributed by atoms with Gasteiger partial charge in [0.05, 0.1) is 6.54 Å². The number of hydrogen-bond donors (Lipinski definition) is 3. The first-order valence-corrected chi connectivity index (χ1v) is 10.5. The van der Waals surface area contributed by atoms with Crippen molar-refractivity contribution in [1.29, 1.82) is 0 Å². The van der Waals surface area contributed by atoms with Crippen molar-refractivity contribution in [3.63, 3.8) is 0 Å². The second-order valence-corrected chi connectivity index (χ2v) is 8.08. The molecule has 0 fully saturated rings. The van der Waals surface area contributed by atoms with Crippen LogP contribution in [0, 0.1) is 0 Å². The van der Waals surface area contributed by atoms with Crippen LogP contribution >= 0.6 is 46.9 Å². The van der Waals surface area contributed by atoms with Gasteiger partial charge >= 0.3 is 0 Å². The lowest BCUT2D eigenvalue weighted by Gasteiger charge is -2.13. The van der Waals surface area contributed by atoms with E-state index in [1.165, 1.54) is 0 Å². The number of aliphatic hydroxyl groups is 1. The van der Waals surface area contributed by atoms with Gasteiger partial charge in [0.15, 0.2) is 5.96 Å². The number of rotatable bonds is 6. The summed E-state index contributed by atoms with van der Waals surface area (Å²) in [6.45, 7) is 0.621. The van der Waals surface area contributed by atoms with E-state index in [2.05, 4.69) is 25.8 Å². The predicted octanol–water partition coefficient (Wildman–Crippen LogP) is 4.62. The van der Waals surface area contributed by atoms with Crippen molar-refractivity contribution in [1.82, 2.24) is 20.8 Å². The van der Waals surface area contributed by atoms with Crippen LogP contribution in [0.15, 0.2) is 64.1 Å². The fourth-order valence-corrected chi connectivity index (χ4v) is 4.15. The second-order valence-electron chi connectivity index (χ2n) is 6.53. The molecule has 10 heteroatoms. The van der Waals surface area contributed by atoms with Gasteiger partial charge in [0.25, 0.3) is 0 Å². The quantitative estimate of drug-likeness (QED) is 0.178. The normalized spacial score (nSPS) is 12.4. The van der Waals surface area contributed by atoms with Crippen LogP contribution in [0.25, 0.3) is 21.5 Å². The summed E-state index contributed by atoms with van der Waals surface area (Å²) >= 11 is 7.59. The maximum atomic E-state index is 10.5. The van der Waals surface area contributed by atoms with Crippen molar-refractivity contribution in [3.05, 3.63) is 70.4 Å². The number of halogens is 2. The minimum absolute atomic E-state index is 0. The summed E-state index contributed by atoms with van der Waals surface area (Å²) in [5.74, 6) is 1.41. The Labute approximate surface area is 205 Å². The van der Waals surface area contributed by atoms with Gasteiger partial charge < -0.3 is 20.3 Å². The molecule has 0 amide bonds. The molecule has 2 aromatic carbocycles. The first kappa shape index (κ1) is 23.5. The highest BCUT2D eigenvalue weighted by Gasteiger charge is 2.13. The van der Waals surface area contributed by atoms with Gasteiger partial charge in [-0.15, -0.1) is 35.3 Å². The van der Waals surface area contributed by atoms with Crippen LogP contribution in [0.4, 0.5) is 0 Å². The molecular weight excluding hydrogens is 549 g/mol. The highest BCUT2D eigenvalue weighted by atomic mass is 127. The summed E-state index contributed by atoms with van der Waals surface area (Å²) in [5.41, 5.74) is 0.784. The number of fused-ring (bicyclic) bond motifs is 1. The SMILES string of the molecule is CN=C(NCc1nc(-c2cccc(Cl)c2)no1)NCC(O)c1cc2ccccc2s1.I. The average molecular weight is 570 g/mol. The Bertz CT molecular complexity index is 1150. The molecule has 0 aliphatic rings. The largest absolute Gasteiger partial charge is 0.386 e. The minimum atomic E-state index is -0.640. The van der Waals surface area contributed by atoms with E-state index >= 15 is 0 Å². The average Bonchev–Trinajstić information content (AvgIpc) is 3.41. The highest BCUT2D eigenvalue weighted by molar-refractivity contribution is 14.0. The predicted molar refractivity (Wildman–Crippen MR) is 135 cm³/mol. The molecule has 0 saturated heterocycles. The Morgan fingerprint density at radius 1 is 1.19 bits per heavy atom. The molecule has 0 aliphatic heterocycles. The molecular formula is C21H21ClIN5O2S. The van der Waals surface area contributed by atoms with E-state index in [1.54, 1.807) is 30.5 Å².